The van der Waals surface area contributed by atoms with Gasteiger partial charge in [-0.15, -0.1) is 0 Å². The molecule has 0 N–H and O–H groups in total. The lowest BCUT2D eigenvalue weighted by Crippen LogP contribution is -2.74. The van der Waals surface area contributed by atoms with Gasteiger partial charge in [0.25, 0.3) is 0 Å². The third-order valence-electron chi connectivity index (χ3n) is 15.6. The molecule has 4 aromatic heterocycles. The molecule has 0 radical (unpaired) electrons. The zero-order chi connectivity index (χ0) is 53.7. The number of hydrogen-bond donors (Lipinski definition) is 0. The average molecular weight is 1050 g/mol. The molecule has 8 nitrogen and oxygen atoms in total. The molecule has 4 heterocycles. The number of hydrogen-bond acceptors (Lipinski definition) is 6. The van der Waals surface area contributed by atoms with Crippen molar-refractivity contribution in [1.29, 1.82) is 0 Å². The second kappa shape index (κ2) is 19.9. The lowest BCUT2D eigenvalue weighted by Gasteiger charge is -2.34. The molecule has 0 atom stereocenters. The summed E-state index contributed by atoms with van der Waals surface area (Å²) in [5.74, 6) is 3.41. The Morgan fingerprint density at radius 3 is 1.07 bits per heavy atom. The molecule has 0 spiro atoms. The molecular weight excluding hydrogens is 1000 g/mol. The largest absolute Gasteiger partial charge is 0.278 e. The summed E-state index contributed by atoms with van der Waals surface area (Å²) in [7, 11) is -2.89. The molecule has 0 saturated carbocycles. The Balaban J connectivity index is 0.907. The molecule has 81 heavy (non-hydrogen) atoms. The van der Waals surface area contributed by atoms with Crippen LogP contribution in [-0.4, -0.2) is 47.1 Å². The Morgan fingerprint density at radius 2 is 0.568 bits per heavy atom. The van der Waals surface area contributed by atoms with Gasteiger partial charge in [0.1, 0.15) is 0 Å². The third-order valence-corrected chi connectivity index (χ3v) is 20.4. The van der Waals surface area contributed by atoms with Crippen molar-refractivity contribution in [1.82, 2.24) is 39.0 Å². The van der Waals surface area contributed by atoms with Crippen LogP contribution in [0.1, 0.15) is 0 Å². The van der Waals surface area contributed by atoms with Gasteiger partial charge < -0.3 is 0 Å². The second-order valence-corrected chi connectivity index (χ2v) is 24.0. The number of rotatable bonds is 11. The van der Waals surface area contributed by atoms with E-state index in [-0.39, 0.29) is 0 Å². The fourth-order valence-electron chi connectivity index (χ4n) is 12.0. The number of fused-ring (bicyclic) bond motifs is 6. The van der Waals surface area contributed by atoms with Crippen molar-refractivity contribution in [2.24, 2.45) is 0 Å². The zero-order valence-electron chi connectivity index (χ0n) is 43.8. The topological polar surface area (TPSA) is 87.2 Å². The lowest BCUT2D eigenvalue weighted by molar-refractivity contribution is 0.953. The number of aromatic nitrogens is 8. The van der Waals surface area contributed by atoms with E-state index < -0.39 is 8.07 Å². The second-order valence-electron chi connectivity index (χ2n) is 20.2. The molecule has 15 aromatic rings. The summed E-state index contributed by atoms with van der Waals surface area (Å²) in [6.45, 7) is 0. The normalized spacial score (nSPS) is 11.7. The molecule has 9 heteroatoms. The van der Waals surface area contributed by atoms with Gasteiger partial charge in [0.05, 0.1) is 22.1 Å². The maximum Gasteiger partial charge on any atom is 0.238 e. The van der Waals surface area contributed by atoms with Crippen LogP contribution < -0.4 is 20.7 Å². The molecule has 380 valence electrons. The van der Waals surface area contributed by atoms with Crippen LogP contribution in [0.4, 0.5) is 0 Å². The van der Waals surface area contributed by atoms with Gasteiger partial charge in [-0.05, 0) is 62.2 Å². The first kappa shape index (κ1) is 47.5. The molecule has 0 saturated heterocycles. The molecule has 0 fully saturated rings. The van der Waals surface area contributed by atoms with Gasteiger partial charge in [0.15, 0.2) is 31.4 Å². The molecule has 0 amide bonds. The predicted molar refractivity (Wildman–Crippen MR) is 333 cm³/mol. The maximum atomic E-state index is 5.50. The van der Waals surface area contributed by atoms with E-state index in [1.807, 2.05) is 48.5 Å². The van der Waals surface area contributed by atoms with E-state index in [2.05, 4.69) is 252 Å². The minimum atomic E-state index is -2.89. The van der Waals surface area contributed by atoms with E-state index in [4.69, 9.17) is 29.9 Å². The van der Waals surface area contributed by atoms with Crippen molar-refractivity contribution < 1.29 is 0 Å². The van der Waals surface area contributed by atoms with Gasteiger partial charge in [0, 0.05) is 43.8 Å². The quantitative estimate of drug-likeness (QED) is 0.0947. The summed E-state index contributed by atoms with van der Waals surface area (Å²) < 4.78 is 4.36. The minimum absolute atomic E-state index is 0.523. The fraction of sp³-hybridized carbons (Fsp3) is 0. The van der Waals surface area contributed by atoms with E-state index in [9.17, 15) is 0 Å². The standard InChI is InChI=1S/C72H48N8Si/c1-6-25-49(26-7-1)67-73-69(77-71(75-67)79-62-43-19-16-39-59(62)60-40-17-20-44-63(60)79)52-30-22-29-51(47-52)58-42-24-46-65-66(58)61-41-18-21-45-64(61)80(65)72-76-68(50-27-8-2-9-28-50)74-70(78-72)53-31-23-38-57(48-53)81(54-32-10-3-11-33-54,55-34-12-4-13-35-55)56-36-14-5-15-37-56/h1-48H. The average Bonchev–Trinajstić information content (AvgIpc) is 4.31. The zero-order valence-corrected chi connectivity index (χ0v) is 44.8. The SMILES string of the molecule is c1ccc(-c2nc(-c3cccc(-c4cccc5c4c4ccccc4n5-c4nc(-c5ccccc5)nc(-c5cccc([Si](c6ccccc6)(c6ccccc6)c6ccccc6)c5)n4)c3)nc(-n3c4ccccc4c4ccccc43)n2)cc1. The van der Waals surface area contributed by atoms with Gasteiger partial charge in [-0.2, -0.15) is 19.9 Å². The first-order chi connectivity index (χ1) is 40.2. The molecule has 15 rings (SSSR count). The van der Waals surface area contributed by atoms with Gasteiger partial charge in [0.2, 0.25) is 11.9 Å². The van der Waals surface area contributed by atoms with Crippen LogP contribution in [0.25, 0.3) is 112 Å². The molecule has 0 bridgehead atoms. The van der Waals surface area contributed by atoms with Gasteiger partial charge in [-0.25, -0.2) is 9.97 Å². The molecule has 0 aliphatic carbocycles. The highest BCUT2D eigenvalue weighted by Gasteiger charge is 2.41. The predicted octanol–water partition coefficient (Wildman–Crippen LogP) is 14.0. The highest BCUT2D eigenvalue weighted by atomic mass is 28.3. The Hall–Kier alpha value is -10.7. The smallest absolute Gasteiger partial charge is 0.238 e. The van der Waals surface area contributed by atoms with Crippen molar-refractivity contribution in [2.45, 2.75) is 0 Å². The summed E-state index contributed by atoms with van der Waals surface area (Å²) >= 11 is 0. The molecule has 0 unspecified atom stereocenters. The van der Waals surface area contributed by atoms with Gasteiger partial charge >= 0.3 is 0 Å². The number of benzene rings is 11. The van der Waals surface area contributed by atoms with Crippen molar-refractivity contribution in [3.05, 3.63) is 291 Å². The summed E-state index contributed by atoms with van der Waals surface area (Å²) in [6, 6.07) is 103. The summed E-state index contributed by atoms with van der Waals surface area (Å²) in [5.41, 5.74) is 9.64. The number of para-hydroxylation sites is 3. The van der Waals surface area contributed by atoms with Crippen LogP contribution >= 0.6 is 0 Å². The molecular formula is C72H48N8Si. The first-order valence-electron chi connectivity index (χ1n) is 27.2. The highest BCUT2D eigenvalue weighted by molar-refractivity contribution is 7.19. The van der Waals surface area contributed by atoms with Crippen molar-refractivity contribution >= 4 is 72.4 Å². The summed E-state index contributed by atoms with van der Waals surface area (Å²) in [4.78, 5) is 31.9. The van der Waals surface area contributed by atoms with Crippen LogP contribution in [0.15, 0.2) is 291 Å². The summed E-state index contributed by atoms with van der Waals surface area (Å²) in [5, 5.41) is 9.53. The van der Waals surface area contributed by atoms with Crippen LogP contribution in [0.3, 0.4) is 0 Å². The fourth-order valence-corrected chi connectivity index (χ4v) is 16.8. The van der Waals surface area contributed by atoms with Crippen LogP contribution in [0.5, 0.6) is 0 Å². The van der Waals surface area contributed by atoms with Crippen LogP contribution in [0, 0.1) is 0 Å². The van der Waals surface area contributed by atoms with Gasteiger partial charge in [-0.1, -0.05) is 261 Å². The monoisotopic (exact) mass is 1050 g/mol. The van der Waals surface area contributed by atoms with E-state index in [1.54, 1.807) is 0 Å². The Morgan fingerprint density at radius 1 is 0.235 bits per heavy atom. The highest BCUT2D eigenvalue weighted by Crippen LogP contribution is 2.40. The minimum Gasteiger partial charge on any atom is -0.278 e. The van der Waals surface area contributed by atoms with E-state index in [0.29, 0.717) is 35.2 Å². The maximum absolute atomic E-state index is 5.50. The van der Waals surface area contributed by atoms with Crippen LogP contribution in [0.2, 0.25) is 0 Å². The van der Waals surface area contributed by atoms with Crippen molar-refractivity contribution in [3.63, 3.8) is 0 Å². The van der Waals surface area contributed by atoms with E-state index in [0.717, 1.165) is 77.0 Å². The Bertz CT molecular complexity index is 4670. The van der Waals surface area contributed by atoms with Crippen LogP contribution in [-0.2, 0) is 0 Å². The van der Waals surface area contributed by atoms with Crippen molar-refractivity contribution in [2.75, 3.05) is 0 Å². The molecule has 11 aromatic carbocycles. The number of nitrogens with zero attached hydrogens (tertiary/aromatic N) is 8. The Labute approximate surface area is 468 Å². The van der Waals surface area contributed by atoms with Gasteiger partial charge in [-0.3, -0.25) is 9.13 Å². The van der Waals surface area contributed by atoms with E-state index in [1.165, 1.54) is 20.7 Å². The molecule has 0 aliphatic rings. The summed E-state index contributed by atoms with van der Waals surface area (Å²) in [6.07, 6.45) is 0. The van der Waals surface area contributed by atoms with E-state index >= 15 is 0 Å². The molecule has 0 aliphatic heterocycles. The van der Waals surface area contributed by atoms with Crippen molar-refractivity contribution in [3.8, 4) is 68.6 Å². The lowest BCUT2D eigenvalue weighted by atomic mass is 9.98. The first-order valence-corrected chi connectivity index (χ1v) is 29.2. The third kappa shape index (κ3) is 8.13. The Kier molecular flexibility index (Phi) is 11.7.